The number of hydrogen-bond donors (Lipinski definition) is 3. The van der Waals surface area contributed by atoms with Crippen LogP contribution in [-0.2, 0) is 10.0 Å². The molecule has 0 bridgehead atoms. The van der Waals surface area contributed by atoms with Gasteiger partial charge >= 0.3 is 0 Å². The van der Waals surface area contributed by atoms with E-state index in [-0.39, 0.29) is 16.4 Å². The Morgan fingerprint density at radius 1 is 1.14 bits per heavy atom. The van der Waals surface area contributed by atoms with Crippen LogP contribution in [0.15, 0.2) is 28.1 Å². The molecule has 22 heavy (non-hydrogen) atoms. The molecule has 1 fully saturated rings. The van der Waals surface area contributed by atoms with Crippen LogP contribution in [0.4, 0.5) is 5.69 Å². The Morgan fingerprint density at radius 2 is 1.77 bits per heavy atom. The lowest BCUT2D eigenvalue weighted by Crippen LogP contribution is -2.31. The number of carbonyl (C=O) groups excluding carboxylic acids is 1. The lowest BCUT2D eigenvalue weighted by Gasteiger charge is -2.30. The molecule has 8 nitrogen and oxygen atoms in total. The van der Waals surface area contributed by atoms with E-state index in [0.717, 1.165) is 32.4 Å². The number of guanidine groups is 1. The fraction of sp³-hybridized carbons (Fsp3) is 0.385. The van der Waals surface area contributed by atoms with Gasteiger partial charge in [-0.15, -0.1) is 0 Å². The summed E-state index contributed by atoms with van der Waals surface area (Å²) in [6.45, 7) is 1.58. The minimum atomic E-state index is -3.92. The molecule has 0 saturated carbocycles. The lowest BCUT2D eigenvalue weighted by atomic mass is 10.1. The van der Waals surface area contributed by atoms with Gasteiger partial charge in [-0.05, 0) is 37.5 Å². The van der Waals surface area contributed by atoms with Crippen LogP contribution < -0.4 is 21.5 Å². The van der Waals surface area contributed by atoms with Gasteiger partial charge in [-0.1, -0.05) is 0 Å². The van der Waals surface area contributed by atoms with Crippen molar-refractivity contribution in [2.45, 2.75) is 24.2 Å². The first-order chi connectivity index (χ1) is 10.3. The number of nitrogens with zero attached hydrogens (tertiary/aromatic N) is 2. The number of anilines is 1. The van der Waals surface area contributed by atoms with Gasteiger partial charge in [-0.25, -0.2) is 13.6 Å². The van der Waals surface area contributed by atoms with Gasteiger partial charge in [-0.2, -0.15) is 4.99 Å². The van der Waals surface area contributed by atoms with Gasteiger partial charge in [0.2, 0.25) is 10.0 Å². The molecular formula is C13H19N5O3S. The molecule has 6 N–H and O–H groups in total. The Morgan fingerprint density at radius 3 is 2.32 bits per heavy atom. The van der Waals surface area contributed by atoms with E-state index in [1.54, 1.807) is 6.07 Å². The van der Waals surface area contributed by atoms with Crippen molar-refractivity contribution in [1.29, 1.82) is 0 Å². The number of sulfonamides is 1. The second-order valence-corrected chi connectivity index (χ2v) is 6.67. The Bertz CT molecular complexity index is 704. The average molecular weight is 325 g/mol. The van der Waals surface area contributed by atoms with Crippen LogP contribution in [0.1, 0.15) is 29.6 Å². The van der Waals surface area contributed by atoms with E-state index >= 15 is 0 Å². The molecule has 1 saturated heterocycles. The van der Waals surface area contributed by atoms with Crippen LogP contribution in [-0.4, -0.2) is 33.4 Å². The van der Waals surface area contributed by atoms with Crippen LogP contribution in [0, 0.1) is 0 Å². The van der Waals surface area contributed by atoms with E-state index in [0.29, 0.717) is 5.69 Å². The molecule has 0 spiro atoms. The number of carbonyl (C=O) groups is 1. The first-order valence-electron chi connectivity index (χ1n) is 6.85. The summed E-state index contributed by atoms with van der Waals surface area (Å²) >= 11 is 0. The highest BCUT2D eigenvalue weighted by molar-refractivity contribution is 7.89. The fourth-order valence-corrected chi connectivity index (χ4v) is 2.99. The molecule has 1 aliphatic rings. The van der Waals surface area contributed by atoms with E-state index in [2.05, 4.69) is 4.99 Å². The summed E-state index contributed by atoms with van der Waals surface area (Å²) in [5.41, 5.74) is 11.2. The summed E-state index contributed by atoms with van der Waals surface area (Å²) in [5.74, 6) is -1.07. The molecule has 1 heterocycles. The third-order valence-corrected chi connectivity index (χ3v) is 4.37. The monoisotopic (exact) mass is 325 g/mol. The quantitative estimate of drug-likeness (QED) is 0.515. The number of aliphatic imine (C=N–C) groups is 1. The van der Waals surface area contributed by atoms with Gasteiger partial charge < -0.3 is 16.4 Å². The number of rotatable bonds is 3. The minimum Gasteiger partial charge on any atom is -0.371 e. The molecule has 0 atom stereocenters. The molecule has 2 rings (SSSR count). The Balaban J connectivity index is 2.52. The smallest absolute Gasteiger partial charge is 0.282 e. The average Bonchev–Trinajstić information content (AvgIpc) is 2.46. The number of benzene rings is 1. The molecule has 1 aromatic carbocycles. The van der Waals surface area contributed by atoms with Crippen LogP contribution in [0.2, 0.25) is 0 Å². The molecule has 0 unspecified atom stereocenters. The zero-order chi connectivity index (χ0) is 16.3. The fourth-order valence-electron chi connectivity index (χ4n) is 2.45. The molecule has 1 aromatic rings. The molecule has 120 valence electrons. The van der Waals surface area contributed by atoms with Crippen molar-refractivity contribution < 1.29 is 13.2 Å². The van der Waals surface area contributed by atoms with Gasteiger partial charge in [0.15, 0.2) is 5.96 Å². The normalized spacial score (nSPS) is 15.4. The van der Waals surface area contributed by atoms with Crippen LogP contribution in [0.3, 0.4) is 0 Å². The van der Waals surface area contributed by atoms with Crippen molar-refractivity contribution in [1.82, 2.24) is 0 Å². The van der Waals surface area contributed by atoms with Crippen molar-refractivity contribution in [2.24, 2.45) is 21.6 Å². The predicted octanol–water partition coefficient (Wildman–Crippen LogP) is -0.262. The first kappa shape index (κ1) is 16.2. The van der Waals surface area contributed by atoms with E-state index in [1.807, 2.05) is 4.90 Å². The van der Waals surface area contributed by atoms with Gasteiger partial charge in [0.25, 0.3) is 5.91 Å². The van der Waals surface area contributed by atoms with E-state index in [9.17, 15) is 13.2 Å². The third kappa shape index (κ3) is 3.74. The Hall–Kier alpha value is -2.13. The molecule has 0 aromatic heterocycles. The highest BCUT2D eigenvalue weighted by Gasteiger charge is 2.21. The molecular weight excluding hydrogens is 306 g/mol. The molecule has 1 amide bonds. The highest BCUT2D eigenvalue weighted by Crippen LogP contribution is 2.27. The largest absolute Gasteiger partial charge is 0.371 e. The zero-order valence-electron chi connectivity index (χ0n) is 12.0. The van der Waals surface area contributed by atoms with Crippen LogP contribution in [0.25, 0.3) is 0 Å². The Kier molecular flexibility index (Phi) is 4.67. The van der Waals surface area contributed by atoms with Gasteiger partial charge in [0.1, 0.15) is 0 Å². The summed E-state index contributed by atoms with van der Waals surface area (Å²) in [4.78, 5) is 17.6. The second kappa shape index (κ2) is 6.32. The number of primary sulfonamides is 1. The van der Waals surface area contributed by atoms with Gasteiger partial charge in [0.05, 0.1) is 10.5 Å². The maximum absolute atomic E-state index is 12.2. The van der Waals surface area contributed by atoms with E-state index in [4.69, 9.17) is 16.6 Å². The van der Waals surface area contributed by atoms with Crippen LogP contribution >= 0.6 is 0 Å². The number of hydrogen-bond acceptors (Lipinski definition) is 4. The standard InChI is InChI=1S/C13H19N5O3S/c14-13(15)17-12(19)10-8-9(22(16,20)21)4-5-11(10)18-6-2-1-3-7-18/h4-5,8H,1-3,6-7H2,(H2,16,20,21)(H4,14,15,17,19). The number of amides is 1. The van der Waals surface area contributed by atoms with Crippen LogP contribution in [0.5, 0.6) is 0 Å². The van der Waals surface area contributed by atoms with Crippen molar-refractivity contribution in [3.8, 4) is 0 Å². The first-order valence-corrected chi connectivity index (χ1v) is 8.39. The van der Waals surface area contributed by atoms with Crippen molar-refractivity contribution in [3.63, 3.8) is 0 Å². The minimum absolute atomic E-state index is 0.127. The second-order valence-electron chi connectivity index (χ2n) is 5.11. The summed E-state index contributed by atoms with van der Waals surface area (Å²) in [6, 6.07) is 4.17. The molecule has 0 aliphatic carbocycles. The molecule has 1 aliphatic heterocycles. The summed E-state index contributed by atoms with van der Waals surface area (Å²) in [5, 5.41) is 5.12. The van der Waals surface area contributed by atoms with Crippen molar-refractivity contribution in [3.05, 3.63) is 23.8 Å². The van der Waals surface area contributed by atoms with Gasteiger partial charge in [-0.3, -0.25) is 4.79 Å². The number of nitrogens with two attached hydrogens (primary N) is 3. The molecule has 0 radical (unpaired) electrons. The maximum atomic E-state index is 12.2. The third-order valence-electron chi connectivity index (χ3n) is 3.45. The Labute approximate surface area is 129 Å². The van der Waals surface area contributed by atoms with Crippen molar-refractivity contribution >= 4 is 27.6 Å². The lowest BCUT2D eigenvalue weighted by molar-refractivity contribution is 0.100. The van der Waals surface area contributed by atoms with E-state index in [1.165, 1.54) is 12.1 Å². The summed E-state index contributed by atoms with van der Waals surface area (Å²) in [7, 11) is -3.92. The van der Waals surface area contributed by atoms with E-state index < -0.39 is 15.9 Å². The topological polar surface area (TPSA) is 145 Å². The predicted molar refractivity (Wildman–Crippen MR) is 84.0 cm³/mol. The van der Waals surface area contributed by atoms with Crippen molar-refractivity contribution in [2.75, 3.05) is 18.0 Å². The zero-order valence-corrected chi connectivity index (χ0v) is 12.8. The number of piperidine rings is 1. The summed E-state index contributed by atoms with van der Waals surface area (Å²) in [6.07, 6.45) is 3.14. The SMILES string of the molecule is NC(N)=NC(=O)c1cc(S(N)(=O)=O)ccc1N1CCCCC1. The summed E-state index contributed by atoms with van der Waals surface area (Å²) < 4.78 is 23.0. The highest BCUT2D eigenvalue weighted by atomic mass is 32.2. The van der Waals surface area contributed by atoms with Gasteiger partial charge in [0, 0.05) is 18.8 Å². The maximum Gasteiger partial charge on any atom is 0.282 e. The molecule has 9 heteroatoms.